The molecule has 3 N–H and O–H groups in total. The van der Waals surface area contributed by atoms with Gasteiger partial charge in [0, 0.05) is 10.7 Å². The van der Waals surface area contributed by atoms with Crippen LogP contribution in [0.3, 0.4) is 0 Å². The van der Waals surface area contributed by atoms with Crippen LogP contribution in [0.5, 0.6) is 0 Å². The van der Waals surface area contributed by atoms with Crippen LogP contribution in [0, 0.1) is 11.3 Å². The third-order valence-electron chi connectivity index (χ3n) is 2.60. The van der Waals surface area contributed by atoms with E-state index in [1.807, 2.05) is 6.07 Å². The largest absolute Gasteiger partial charge is 0.398 e. The number of nitrogen functional groups attached to an aromatic ring is 1. The van der Waals surface area contributed by atoms with Gasteiger partial charge in [-0.25, -0.2) is 0 Å². The van der Waals surface area contributed by atoms with E-state index >= 15 is 0 Å². The maximum Gasteiger partial charge on any atom is 0.257 e. The van der Waals surface area contributed by atoms with E-state index in [1.165, 1.54) is 18.2 Å². The Morgan fingerprint density at radius 3 is 2.55 bits per heavy atom. The summed E-state index contributed by atoms with van der Waals surface area (Å²) in [6.07, 6.45) is 0. The van der Waals surface area contributed by atoms with Crippen molar-refractivity contribution >= 4 is 40.5 Å². The number of nitrogens with two attached hydrogens (primary N) is 1. The quantitative estimate of drug-likeness (QED) is 0.830. The molecule has 0 aliphatic carbocycles. The van der Waals surface area contributed by atoms with Gasteiger partial charge in [-0.1, -0.05) is 23.2 Å². The van der Waals surface area contributed by atoms with Crippen molar-refractivity contribution in [1.82, 2.24) is 0 Å². The molecule has 0 radical (unpaired) electrons. The van der Waals surface area contributed by atoms with Gasteiger partial charge in [0.05, 0.1) is 27.9 Å². The number of rotatable bonds is 2. The fraction of sp³-hybridized carbons (Fsp3) is 0. The molecule has 0 aliphatic heterocycles. The first kappa shape index (κ1) is 14.2. The van der Waals surface area contributed by atoms with Gasteiger partial charge in [-0.3, -0.25) is 4.79 Å². The van der Waals surface area contributed by atoms with E-state index in [9.17, 15) is 4.79 Å². The van der Waals surface area contributed by atoms with Gasteiger partial charge in [-0.05, 0) is 36.4 Å². The van der Waals surface area contributed by atoms with Crippen molar-refractivity contribution in [3.05, 3.63) is 57.6 Å². The smallest absolute Gasteiger partial charge is 0.257 e. The number of carbonyl (C=O) groups excluding carboxylic acids is 1. The molecule has 0 atom stereocenters. The van der Waals surface area contributed by atoms with Gasteiger partial charge in [0.15, 0.2) is 0 Å². The molecule has 0 heterocycles. The minimum absolute atomic E-state index is 0.278. The van der Waals surface area contributed by atoms with Crippen LogP contribution in [-0.2, 0) is 0 Å². The highest BCUT2D eigenvalue weighted by atomic mass is 35.5. The highest BCUT2D eigenvalue weighted by molar-refractivity contribution is 6.34. The molecule has 1 amide bonds. The Hall–Kier alpha value is -2.22. The summed E-state index contributed by atoms with van der Waals surface area (Å²) in [7, 11) is 0. The molecule has 0 fully saturated rings. The first-order valence-electron chi connectivity index (χ1n) is 5.57. The summed E-state index contributed by atoms with van der Waals surface area (Å²) in [6, 6.07) is 11.2. The van der Waals surface area contributed by atoms with E-state index in [0.717, 1.165) is 0 Å². The summed E-state index contributed by atoms with van der Waals surface area (Å²) in [5.41, 5.74) is 7.14. The molecule has 0 unspecified atom stereocenters. The zero-order valence-corrected chi connectivity index (χ0v) is 11.7. The SMILES string of the molecule is N#Cc1ccc(NC(=O)c2ccc(Cl)cc2N)c(Cl)c1. The topological polar surface area (TPSA) is 78.9 Å². The predicted octanol–water partition coefficient (Wildman–Crippen LogP) is 3.70. The normalized spacial score (nSPS) is 9.85. The predicted molar refractivity (Wildman–Crippen MR) is 80.0 cm³/mol. The van der Waals surface area contributed by atoms with Crippen LogP contribution in [0.15, 0.2) is 36.4 Å². The average Bonchev–Trinajstić information content (AvgIpc) is 2.40. The van der Waals surface area contributed by atoms with Crippen molar-refractivity contribution in [3.8, 4) is 6.07 Å². The number of hydrogen-bond donors (Lipinski definition) is 2. The van der Waals surface area contributed by atoms with E-state index in [4.69, 9.17) is 34.2 Å². The minimum atomic E-state index is -0.397. The van der Waals surface area contributed by atoms with Crippen LogP contribution in [-0.4, -0.2) is 5.91 Å². The molecule has 0 aliphatic rings. The molecule has 2 rings (SSSR count). The molecule has 0 bridgehead atoms. The maximum absolute atomic E-state index is 12.1. The van der Waals surface area contributed by atoms with Crippen LogP contribution >= 0.6 is 23.2 Å². The number of nitrogens with zero attached hydrogens (tertiary/aromatic N) is 1. The Morgan fingerprint density at radius 1 is 1.20 bits per heavy atom. The van der Waals surface area contributed by atoms with Gasteiger partial charge in [0.1, 0.15) is 0 Å². The summed E-state index contributed by atoms with van der Waals surface area (Å²) >= 11 is 11.8. The second-order valence-electron chi connectivity index (χ2n) is 3.99. The summed E-state index contributed by atoms with van der Waals surface area (Å²) < 4.78 is 0. The molecule has 20 heavy (non-hydrogen) atoms. The number of benzene rings is 2. The van der Waals surface area contributed by atoms with Gasteiger partial charge >= 0.3 is 0 Å². The molecule has 0 saturated carbocycles. The summed E-state index contributed by atoms with van der Waals surface area (Å²) in [4.78, 5) is 12.1. The van der Waals surface area contributed by atoms with Crippen LogP contribution in [0.25, 0.3) is 0 Å². The lowest BCUT2D eigenvalue weighted by molar-refractivity contribution is 0.102. The summed E-state index contributed by atoms with van der Waals surface area (Å²) in [5, 5.41) is 12.1. The van der Waals surface area contributed by atoms with E-state index in [1.54, 1.807) is 18.2 Å². The van der Waals surface area contributed by atoms with Crippen LogP contribution in [0.4, 0.5) is 11.4 Å². The number of nitriles is 1. The van der Waals surface area contributed by atoms with Gasteiger partial charge < -0.3 is 11.1 Å². The number of nitrogens with one attached hydrogen (secondary N) is 1. The molecule has 0 spiro atoms. The third kappa shape index (κ3) is 3.02. The first-order valence-corrected chi connectivity index (χ1v) is 6.33. The fourth-order valence-corrected chi connectivity index (χ4v) is 2.02. The zero-order chi connectivity index (χ0) is 14.7. The molecule has 2 aromatic rings. The van der Waals surface area contributed by atoms with Crippen molar-refractivity contribution in [2.75, 3.05) is 11.1 Å². The third-order valence-corrected chi connectivity index (χ3v) is 3.15. The maximum atomic E-state index is 12.1. The molecule has 2 aromatic carbocycles. The van der Waals surface area contributed by atoms with Gasteiger partial charge in [-0.15, -0.1) is 0 Å². The Bertz CT molecular complexity index is 723. The first-order chi connectivity index (χ1) is 9.51. The molecule has 0 saturated heterocycles. The number of halogens is 2. The van der Waals surface area contributed by atoms with E-state index in [0.29, 0.717) is 21.8 Å². The Balaban J connectivity index is 2.26. The minimum Gasteiger partial charge on any atom is -0.398 e. The number of amides is 1. The molecular formula is C14H9Cl2N3O. The van der Waals surface area contributed by atoms with Gasteiger partial charge in [-0.2, -0.15) is 5.26 Å². The molecule has 6 heteroatoms. The molecule has 4 nitrogen and oxygen atoms in total. The van der Waals surface area contributed by atoms with Crippen LogP contribution in [0.2, 0.25) is 10.0 Å². The highest BCUT2D eigenvalue weighted by Gasteiger charge is 2.12. The monoisotopic (exact) mass is 305 g/mol. The summed E-state index contributed by atoms with van der Waals surface area (Å²) in [6.45, 7) is 0. The molecule has 0 aromatic heterocycles. The Kier molecular flexibility index (Phi) is 4.14. The Morgan fingerprint density at radius 2 is 1.95 bits per heavy atom. The van der Waals surface area contributed by atoms with Gasteiger partial charge in [0.2, 0.25) is 0 Å². The van der Waals surface area contributed by atoms with E-state index in [-0.39, 0.29) is 10.7 Å². The lowest BCUT2D eigenvalue weighted by Gasteiger charge is -2.09. The summed E-state index contributed by atoms with van der Waals surface area (Å²) in [5.74, 6) is -0.397. The molecular weight excluding hydrogens is 297 g/mol. The number of hydrogen-bond acceptors (Lipinski definition) is 3. The van der Waals surface area contributed by atoms with E-state index < -0.39 is 5.91 Å². The van der Waals surface area contributed by atoms with Crippen molar-refractivity contribution in [3.63, 3.8) is 0 Å². The van der Waals surface area contributed by atoms with Crippen molar-refractivity contribution in [2.45, 2.75) is 0 Å². The average molecular weight is 306 g/mol. The molecule has 100 valence electrons. The fourth-order valence-electron chi connectivity index (χ4n) is 1.62. The van der Waals surface area contributed by atoms with E-state index in [2.05, 4.69) is 5.32 Å². The van der Waals surface area contributed by atoms with Crippen molar-refractivity contribution in [2.24, 2.45) is 0 Å². The highest BCUT2D eigenvalue weighted by Crippen LogP contribution is 2.25. The second kappa shape index (κ2) is 5.83. The zero-order valence-electron chi connectivity index (χ0n) is 10.2. The standard InChI is InChI=1S/C14H9Cl2N3O/c15-9-2-3-10(12(18)6-9)14(20)19-13-4-1-8(7-17)5-11(13)16/h1-6H,18H2,(H,19,20). The number of carbonyl (C=O) groups is 1. The lowest BCUT2D eigenvalue weighted by atomic mass is 10.1. The van der Waals surface area contributed by atoms with Gasteiger partial charge in [0.25, 0.3) is 5.91 Å². The van der Waals surface area contributed by atoms with Crippen molar-refractivity contribution < 1.29 is 4.79 Å². The van der Waals surface area contributed by atoms with Crippen molar-refractivity contribution in [1.29, 1.82) is 5.26 Å². The van der Waals surface area contributed by atoms with Crippen LogP contribution in [0.1, 0.15) is 15.9 Å². The lowest BCUT2D eigenvalue weighted by Crippen LogP contribution is -2.14. The van der Waals surface area contributed by atoms with Crippen LogP contribution < -0.4 is 11.1 Å². The number of anilines is 2. The second-order valence-corrected chi connectivity index (χ2v) is 4.84. The Labute approximate surface area is 125 Å².